The van der Waals surface area contributed by atoms with E-state index in [0.29, 0.717) is 12.5 Å². The summed E-state index contributed by atoms with van der Waals surface area (Å²) in [6.07, 6.45) is 0.550. The molecule has 0 saturated carbocycles. The average Bonchev–Trinajstić information content (AvgIpc) is 2.60. The standard InChI is InChI=1S/C12H22N2O3/c1-9(15)14-6-5-10(8-14)7-13-11(16)17-12(2,3)4/h10H,5-8H2,1-4H3,(H,13,16). The van der Waals surface area contributed by atoms with Gasteiger partial charge >= 0.3 is 6.09 Å². The van der Waals surface area contributed by atoms with Gasteiger partial charge in [-0.25, -0.2) is 4.79 Å². The van der Waals surface area contributed by atoms with Crippen LogP contribution in [0.3, 0.4) is 0 Å². The van der Waals surface area contributed by atoms with E-state index in [-0.39, 0.29) is 5.91 Å². The summed E-state index contributed by atoms with van der Waals surface area (Å²) >= 11 is 0. The van der Waals surface area contributed by atoms with Crippen molar-refractivity contribution >= 4 is 12.0 Å². The van der Waals surface area contributed by atoms with Gasteiger partial charge in [0.1, 0.15) is 5.60 Å². The van der Waals surface area contributed by atoms with Crippen molar-refractivity contribution in [1.29, 1.82) is 0 Å². The van der Waals surface area contributed by atoms with Crippen molar-refractivity contribution in [1.82, 2.24) is 10.2 Å². The van der Waals surface area contributed by atoms with Crippen molar-refractivity contribution in [3.8, 4) is 0 Å². The second-order valence-electron chi connectivity index (χ2n) is 5.50. The van der Waals surface area contributed by atoms with E-state index in [9.17, 15) is 9.59 Å². The summed E-state index contributed by atoms with van der Waals surface area (Å²) in [6.45, 7) is 9.16. The number of amides is 2. The van der Waals surface area contributed by atoms with Gasteiger partial charge in [0, 0.05) is 26.6 Å². The molecule has 17 heavy (non-hydrogen) atoms. The predicted octanol–water partition coefficient (Wildman–Crippen LogP) is 1.38. The minimum atomic E-state index is -0.467. The largest absolute Gasteiger partial charge is 0.444 e. The smallest absolute Gasteiger partial charge is 0.407 e. The first-order valence-electron chi connectivity index (χ1n) is 6.00. The molecule has 98 valence electrons. The number of ether oxygens (including phenoxy) is 1. The number of likely N-dealkylation sites (tertiary alicyclic amines) is 1. The number of nitrogens with one attached hydrogen (secondary N) is 1. The predicted molar refractivity (Wildman–Crippen MR) is 64.6 cm³/mol. The van der Waals surface area contributed by atoms with Gasteiger partial charge < -0.3 is 15.0 Å². The Balaban J connectivity index is 2.24. The van der Waals surface area contributed by atoms with Crippen molar-refractivity contribution < 1.29 is 14.3 Å². The number of nitrogens with zero attached hydrogens (tertiary/aromatic N) is 1. The molecule has 1 aliphatic rings. The topological polar surface area (TPSA) is 58.6 Å². The molecule has 5 nitrogen and oxygen atoms in total. The second-order valence-corrected chi connectivity index (χ2v) is 5.50. The van der Waals surface area contributed by atoms with Gasteiger partial charge in [-0.3, -0.25) is 4.79 Å². The molecule has 1 N–H and O–H groups in total. The minimum Gasteiger partial charge on any atom is -0.444 e. The number of carbonyl (C=O) groups excluding carboxylic acids is 2. The van der Waals surface area contributed by atoms with Crippen LogP contribution in [0.1, 0.15) is 34.1 Å². The highest BCUT2D eigenvalue weighted by Crippen LogP contribution is 2.15. The molecule has 1 unspecified atom stereocenters. The summed E-state index contributed by atoms with van der Waals surface area (Å²) in [4.78, 5) is 24.4. The molecule has 0 radical (unpaired) electrons. The van der Waals surface area contributed by atoms with Crippen LogP contribution in [-0.2, 0) is 9.53 Å². The fraction of sp³-hybridized carbons (Fsp3) is 0.833. The zero-order chi connectivity index (χ0) is 13.1. The molecule has 0 aromatic carbocycles. The van der Waals surface area contributed by atoms with Crippen LogP contribution in [0.2, 0.25) is 0 Å². The molecular weight excluding hydrogens is 220 g/mol. The van der Waals surface area contributed by atoms with Crippen LogP contribution in [0.15, 0.2) is 0 Å². The summed E-state index contributed by atoms with van der Waals surface area (Å²) < 4.78 is 5.14. The van der Waals surface area contributed by atoms with E-state index in [1.807, 2.05) is 20.8 Å². The number of carbonyl (C=O) groups is 2. The average molecular weight is 242 g/mol. The molecule has 0 bridgehead atoms. The molecule has 0 aliphatic carbocycles. The molecule has 1 saturated heterocycles. The summed E-state index contributed by atoms with van der Waals surface area (Å²) in [6, 6.07) is 0. The fourth-order valence-corrected chi connectivity index (χ4v) is 1.83. The Hall–Kier alpha value is -1.26. The number of alkyl carbamates (subject to hydrolysis) is 1. The Bertz CT molecular complexity index is 297. The van der Waals surface area contributed by atoms with Crippen LogP contribution < -0.4 is 5.32 Å². The van der Waals surface area contributed by atoms with Crippen LogP contribution in [0, 0.1) is 5.92 Å². The van der Waals surface area contributed by atoms with Gasteiger partial charge in [-0.15, -0.1) is 0 Å². The Kier molecular flexibility index (Phi) is 4.37. The minimum absolute atomic E-state index is 0.102. The summed E-state index contributed by atoms with van der Waals surface area (Å²) in [5, 5.41) is 2.74. The summed E-state index contributed by atoms with van der Waals surface area (Å²) in [5.41, 5.74) is -0.467. The lowest BCUT2D eigenvalue weighted by atomic mass is 10.1. The van der Waals surface area contributed by atoms with Crippen molar-refractivity contribution in [2.24, 2.45) is 5.92 Å². The lowest BCUT2D eigenvalue weighted by Gasteiger charge is -2.20. The van der Waals surface area contributed by atoms with E-state index < -0.39 is 11.7 Å². The van der Waals surface area contributed by atoms with Gasteiger partial charge in [-0.2, -0.15) is 0 Å². The molecule has 1 aliphatic heterocycles. The number of rotatable bonds is 2. The van der Waals surface area contributed by atoms with Gasteiger partial charge in [0.2, 0.25) is 5.91 Å². The molecule has 1 heterocycles. The fourth-order valence-electron chi connectivity index (χ4n) is 1.83. The first-order chi connectivity index (χ1) is 7.78. The zero-order valence-electron chi connectivity index (χ0n) is 11.1. The molecule has 1 rings (SSSR count). The first-order valence-corrected chi connectivity index (χ1v) is 6.00. The lowest BCUT2D eigenvalue weighted by molar-refractivity contribution is -0.127. The molecule has 0 aromatic heterocycles. The van der Waals surface area contributed by atoms with E-state index in [1.165, 1.54) is 0 Å². The Morgan fingerprint density at radius 2 is 2.06 bits per heavy atom. The molecule has 5 heteroatoms. The van der Waals surface area contributed by atoms with Crippen LogP contribution in [0.25, 0.3) is 0 Å². The van der Waals surface area contributed by atoms with Crippen molar-refractivity contribution in [3.05, 3.63) is 0 Å². The van der Waals surface area contributed by atoms with Crippen molar-refractivity contribution in [2.45, 2.75) is 39.7 Å². The maximum absolute atomic E-state index is 11.4. The first kappa shape index (κ1) is 13.8. The molecule has 0 aromatic rings. The molecule has 1 atom stereocenters. The van der Waals surface area contributed by atoms with Crippen LogP contribution in [0.4, 0.5) is 4.79 Å². The van der Waals surface area contributed by atoms with E-state index in [2.05, 4.69) is 5.32 Å². The van der Waals surface area contributed by atoms with Gasteiger partial charge in [-0.1, -0.05) is 0 Å². The van der Waals surface area contributed by atoms with Gasteiger partial charge in [0.15, 0.2) is 0 Å². The summed E-state index contributed by atoms with van der Waals surface area (Å²) in [5.74, 6) is 0.441. The van der Waals surface area contributed by atoms with Crippen molar-refractivity contribution in [2.75, 3.05) is 19.6 Å². The normalized spacial score (nSPS) is 20.2. The lowest BCUT2D eigenvalue weighted by Crippen LogP contribution is -2.36. The van der Waals surface area contributed by atoms with E-state index in [0.717, 1.165) is 19.5 Å². The Morgan fingerprint density at radius 1 is 1.41 bits per heavy atom. The third-order valence-corrected chi connectivity index (χ3v) is 2.67. The third-order valence-electron chi connectivity index (χ3n) is 2.67. The van der Waals surface area contributed by atoms with Crippen molar-refractivity contribution in [3.63, 3.8) is 0 Å². The quantitative estimate of drug-likeness (QED) is 0.796. The number of hydrogen-bond donors (Lipinski definition) is 1. The van der Waals surface area contributed by atoms with Gasteiger partial charge in [0.05, 0.1) is 0 Å². The SMILES string of the molecule is CC(=O)N1CCC(CNC(=O)OC(C)(C)C)C1. The Labute approximate surface area is 102 Å². The van der Waals surface area contributed by atoms with Crippen LogP contribution in [0.5, 0.6) is 0 Å². The van der Waals surface area contributed by atoms with E-state index in [1.54, 1.807) is 11.8 Å². The molecular formula is C12H22N2O3. The highest BCUT2D eigenvalue weighted by atomic mass is 16.6. The highest BCUT2D eigenvalue weighted by Gasteiger charge is 2.25. The van der Waals surface area contributed by atoms with E-state index in [4.69, 9.17) is 4.74 Å². The van der Waals surface area contributed by atoms with Gasteiger partial charge in [-0.05, 0) is 33.1 Å². The number of hydrogen-bond acceptors (Lipinski definition) is 3. The zero-order valence-corrected chi connectivity index (χ0v) is 11.1. The second kappa shape index (κ2) is 5.38. The maximum Gasteiger partial charge on any atom is 0.407 e. The van der Waals surface area contributed by atoms with E-state index >= 15 is 0 Å². The third kappa shape index (κ3) is 5.06. The summed E-state index contributed by atoms with van der Waals surface area (Å²) in [7, 11) is 0. The molecule has 0 spiro atoms. The Morgan fingerprint density at radius 3 is 2.53 bits per heavy atom. The molecule has 1 fully saturated rings. The van der Waals surface area contributed by atoms with Crippen LogP contribution >= 0.6 is 0 Å². The van der Waals surface area contributed by atoms with Crippen LogP contribution in [-0.4, -0.2) is 42.1 Å². The van der Waals surface area contributed by atoms with Gasteiger partial charge in [0.25, 0.3) is 0 Å². The monoisotopic (exact) mass is 242 g/mol. The highest BCUT2D eigenvalue weighted by molar-refractivity contribution is 5.73. The molecule has 2 amide bonds. The maximum atomic E-state index is 11.4.